The summed E-state index contributed by atoms with van der Waals surface area (Å²) < 4.78 is 16.1. The Balaban J connectivity index is 1.61. The average Bonchev–Trinajstić information content (AvgIpc) is 3.21. The van der Waals surface area contributed by atoms with Gasteiger partial charge in [-0.1, -0.05) is 12.1 Å². The van der Waals surface area contributed by atoms with E-state index in [1.165, 1.54) is 11.3 Å². The van der Waals surface area contributed by atoms with Crippen molar-refractivity contribution in [3.05, 3.63) is 53.4 Å². The highest BCUT2D eigenvalue weighted by Crippen LogP contribution is 2.35. The van der Waals surface area contributed by atoms with E-state index in [1.807, 2.05) is 23.6 Å². The minimum atomic E-state index is -0.315. The molecule has 0 saturated heterocycles. The van der Waals surface area contributed by atoms with Crippen molar-refractivity contribution in [2.45, 2.75) is 6.42 Å². The predicted octanol–water partition coefficient (Wildman–Crippen LogP) is 3.91. The predicted molar refractivity (Wildman–Crippen MR) is 111 cm³/mol. The Hall–Kier alpha value is -3.57. The number of thiazole rings is 1. The fraction of sp³-hybridized carbons (Fsp3) is 0.190. The Kier molecular flexibility index (Phi) is 6.66. The van der Waals surface area contributed by atoms with Gasteiger partial charge < -0.3 is 14.2 Å². The Morgan fingerprint density at radius 2 is 1.90 bits per heavy atom. The van der Waals surface area contributed by atoms with Crippen LogP contribution in [0.15, 0.2) is 47.8 Å². The van der Waals surface area contributed by atoms with Crippen LogP contribution < -0.4 is 19.5 Å². The maximum absolute atomic E-state index is 12.2. The molecule has 1 aromatic heterocycles. The summed E-state index contributed by atoms with van der Waals surface area (Å²) in [5.41, 5.74) is 2.35. The molecular weight excluding hydrogens is 390 g/mol. The molecule has 0 radical (unpaired) electrons. The van der Waals surface area contributed by atoms with Crippen molar-refractivity contribution in [3.63, 3.8) is 0 Å². The number of nitriles is 1. The Labute approximate surface area is 172 Å². The SMILES string of the molecule is COc1ccc(OC)c(-c2csc(NC(=O)COc3ccc(CC#N)cc3)n2)c1. The number of nitrogens with zero attached hydrogens (tertiary/aromatic N) is 2. The Bertz CT molecular complexity index is 1030. The van der Waals surface area contributed by atoms with Gasteiger partial charge in [0.25, 0.3) is 5.91 Å². The van der Waals surface area contributed by atoms with Crippen LogP contribution in [0.1, 0.15) is 5.56 Å². The first kappa shape index (κ1) is 20.2. The molecule has 29 heavy (non-hydrogen) atoms. The number of methoxy groups -OCH3 is 2. The fourth-order valence-corrected chi connectivity index (χ4v) is 3.29. The van der Waals surface area contributed by atoms with Gasteiger partial charge in [-0.25, -0.2) is 4.98 Å². The minimum Gasteiger partial charge on any atom is -0.497 e. The number of benzene rings is 2. The number of carbonyl (C=O) groups is 1. The molecule has 0 atom stereocenters. The third-order valence-electron chi connectivity index (χ3n) is 4.01. The second kappa shape index (κ2) is 9.57. The highest BCUT2D eigenvalue weighted by atomic mass is 32.1. The van der Waals surface area contributed by atoms with Gasteiger partial charge in [-0.05, 0) is 35.9 Å². The minimum absolute atomic E-state index is 0.144. The number of carbonyl (C=O) groups excluding carboxylic acids is 1. The van der Waals surface area contributed by atoms with E-state index in [0.717, 1.165) is 11.1 Å². The molecule has 0 aliphatic rings. The van der Waals surface area contributed by atoms with Crippen LogP contribution in [-0.2, 0) is 11.2 Å². The van der Waals surface area contributed by atoms with E-state index in [4.69, 9.17) is 19.5 Å². The van der Waals surface area contributed by atoms with Crippen LogP contribution in [0.3, 0.4) is 0 Å². The number of hydrogen-bond acceptors (Lipinski definition) is 7. The van der Waals surface area contributed by atoms with Gasteiger partial charge in [0.1, 0.15) is 17.2 Å². The van der Waals surface area contributed by atoms with E-state index in [2.05, 4.69) is 16.4 Å². The lowest BCUT2D eigenvalue weighted by molar-refractivity contribution is -0.118. The molecule has 0 fully saturated rings. The van der Waals surface area contributed by atoms with Crippen LogP contribution in [0, 0.1) is 11.3 Å². The van der Waals surface area contributed by atoms with Crippen LogP contribution >= 0.6 is 11.3 Å². The summed E-state index contributed by atoms with van der Waals surface area (Å²) in [6, 6.07) is 14.6. The summed E-state index contributed by atoms with van der Waals surface area (Å²) in [5, 5.41) is 13.7. The van der Waals surface area contributed by atoms with Gasteiger partial charge in [-0.2, -0.15) is 5.26 Å². The Morgan fingerprint density at radius 3 is 2.59 bits per heavy atom. The average molecular weight is 409 g/mol. The van der Waals surface area contributed by atoms with Crippen molar-refractivity contribution in [3.8, 4) is 34.6 Å². The lowest BCUT2D eigenvalue weighted by atomic mass is 10.1. The molecule has 0 spiro atoms. The standard InChI is InChI=1S/C21H19N3O4S/c1-26-16-7-8-19(27-2)17(11-16)18-13-29-21(23-18)24-20(25)12-28-15-5-3-14(4-6-15)9-10-22/h3-8,11,13H,9,12H2,1-2H3,(H,23,24,25). The molecule has 0 aliphatic heterocycles. The van der Waals surface area contributed by atoms with Crippen molar-refractivity contribution in [2.24, 2.45) is 0 Å². The fourth-order valence-electron chi connectivity index (χ4n) is 2.57. The third-order valence-corrected chi connectivity index (χ3v) is 4.77. The van der Waals surface area contributed by atoms with Crippen molar-refractivity contribution < 1.29 is 19.0 Å². The second-order valence-corrected chi connectivity index (χ2v) is 6.78. The molecule has 7 nitrogen and oxygen atoms in total. The number of hydrogen-bond donors (Lipinski definition) is 1. The van der Waals surface area contributed by atoms with Crippen LogP contribution in [0.25, 0.3) is 11.3 Å². The molecular formula is C21H19N3O4S. The number of amides is 1. The topological polar surface area (TPSA) is 93.5 Å². The zero-order valence-corrected chi connectivity index (χ0v) is 16.8. The molecule has 3 aromatic rings. The van der Waals surface area contributed by atoms with Gasteiger partial charge >= 0.3 is 0 Å². The van der Waals surface area contributed by atoms with E-state index in [-0.39, 0.29) is 12.5 Å². The maximum atomic E-state index is 12.2. The zero-order chi connectivity index (χ0) is 20.6. The summed E-state index contributed by atoms with van der Waals surface area (Å²) in [6.45, 7) is -0.144. The molecule has 2 aromatic carbocycles. The Morgan fingerprint density at radius 1 is 1.14 bits per heavy atom. The molecule has 1 amide bonds. The van der Waals surface area contributed by atoms with Gasteiger partial charge in [0.15, 0.2) is 11.7 Å². The van der Waals surface area contributed by atoms with Crippen LogP contribution in [0.2, 0.25) is 0 Å². The maximum Gasteiger partial charge on any atom is 0.264 e. The van der Waals surface area contributed by atoms with Crippen LogP contribution in [-0.4, -0.2) is 31.7 Å². The lowest BCUT2D eigenvalue weighted by Gasteiger charge is -2.08. The highest BCUT2D eigenvalue weighted by Gasteiger charge is 2.13. The van der Waals surface area contributed by atoms with Crippen molar-refractivity contribution in [2.75, 3.05) is 26.1 Å². The first-order valence-electron chi connectivity index (χ1n) is 8.69. The van der Waals surface area contributed by atoms with Gasteiger partial charge in [0.05, 0.1) is 32.4 Å². The normalized spacial score (nSPS) is 10.1. The number of ether oxygens (including phenoxy) is 3. The van der Waals surface area contributed by atoms with Crippen molar-refractivity contribution in [1.29, 1.82) is 5.26 Å². The van der Waals surface area contributed by atoms with E-state index in [1.54, 1.807) is 38.5 Å². The van der Waals surface area contributed by atoms with E-state index >= 15 is 0 Å². The smallest absolute Gasteiger partial charge is 0.264 e. The highest BCUT2D eigenvalue weighted by molar-refractivity contribution is 7.14. The summed E-state index contributed by atoms with van der Waals surface area (Å²) in [4.78, 5) is 16.6. The summed E-state index contributed by atoms with van der Waals surface area (Å²) in [6.07, 6.45) is 0.339. The summed E-state index contributed by atoms with van der Waals surface area (Å²) >= 11 is 1.31. The molecule has 1 heterocycles. The lowest BCUT2D eigenvalue weighted by Crippen LogP contribution is -2.20. The summed E-state index contributed by atoms with van der Waals surface area (Å²) in [5.74, 6) is 1.60. The molecule has 0 unspecified atom stereocenters. The zero-order valence-electron chi connectivity index (χ0n) is 16.0. The third kappa shape index (κ3) is 5.24. The molecule has 3 rings (SSSR count). The molecule has 0 saturated carbocycles. The number of aromatic nitrogens is 1. The number of nitrogens with one attached hydrogen (secondary N) is 1. The summed E-state index contributed by atoms with van der Waals surface area (Å²) in [7, 11) is 3.18. The quantitative estimate of drug-likeness (QED) is 0.606. The molecule has 1 N–H and O–H groups in total. The van der Waals surface area contributed by atoms with Crippen LogP contribution in [0.4, 0.5) is 5.13 Å². The molecule has 8 heteroatoms. The van der Waals surface area contributed by atoms with Crippen molar-refractivity contribution in [1.82, 2.24) is 4.98 Å². The van der Waals surface area contributed by atoms with Crippen LogP contribution in [0.5, 0.6) is 17.2 Å². The monoisotopic (exact) mass is 409 g/mol. The van der Waals surface area contributed by atoms with Gasteiger partial charge in [0.2, 0.25) is 0 Å². The van der Waals surface area contributed by atoms with Crippen molar-refractivity contribution >= 4 is 22.4 Å². The van der Waals surface area contributed by atoms with E-state index < -0.39 is 0 Å². The molecule has 0 aliphatic carbocycles. The molecule has 0 bridgehead atoms. The first-order chi connectivity index (χ1) is 14.1. The van der Waals surface area contributed by atoms with E-state index in [9.17, 15) is 4.79 Å². The van der Waals surface area contributed by atoms with Gasteiger partial charge in [0, 0.05) is 10.9 Å². The van der Waals surface area contributed by atoms with Gasteiger partial charge in [-0.15, -0.1) is 11.3 Å². The van der Waals surface area contributed by atoms with E-state index in [0.29, 0.717) is 34.5 Å². The largest absolute Gasteiger partial charge is 0.497 e. The number of anilines is 1. The second-order valence-electron chi connectivity index (χ2n) is 5.92. The van der Waals surface area contributed by atoms with Gasteiger partial charge in [-0.3, -0.25) is 10.1 Å². The first-order valence-corrected chi connectivity index (χ1v) is 9.57. The number of rotatable bonds is 8. The molecule has 148 valence electrons.